The number of carbonyl (C=O) groups is 1. The van der Waals surface area contributed by atoms with Crippen LogP contribution in [0.4, 0.5) is 0 Å². The number of para-hydroxylation sites is 1. The lowest BCUT2D eigenvalue weighted by Gasteiger charge is -2.33. The highest BCUT2D eigenvalue weighted by molar-refractivity contribution is 5.79. The van der Waals surface area contributed by atoms with E-state index < -0.39 is 0 Å². The molecule has 0 spiro atoms. The highest BCUT2D eigenvalue weighted by atomic mass is 16.5. The smallest absolute Gasteiger partial charge is 0.260 e. The zero-order chi connectivity index (χ0) is 16.1. The monoisotopic (exact) mass is 309 g/mol. The molecule has 1 amide bonds. The molecule has 2 aromatic rings. The number of carbonyl (C=O) groups excluding carboxylic acids is 1. The molecule has 1 heterocycles. The number of rotatable bonds is 4. The minimum absolute atomic E-state index is 0.0834. The molecular formula is C20H23NO2. The van der Waals surface area contributed by atoms with Crippen LogP contribution < -0.4 is 4.74 Å². The quantitative estimate of drug-likeness (QED) is 0.849. The number of hydrogen-bond donors (Lipinski definition) is 0. The van der Waals surface area contributed by atoms with Gasteiger partial charge in [-0.15, -0.1) is 0 Å². The summed E-state index contributed by atoms with van der Waals surface area (Å²) in [6.45, 7) is 3.08. The molecule has 1 atom stereocenters. The van der Waals surface area contributed by atoms with Crippen molar-refractivity contribution >= 4 is 5.91 Å². The first kappa shape index (κ1) is 15.6. The van der Waals surface area contributed by atoms with Crippen molar-refractivity contribution in [3.05, 3.63) is 54.6 Å². The van der Waals surface area contributed by atoms with E-state index in [0.29, 0.717) is 6.04 Å². The fourth-order valence-electron chi connectivity index (χ4n) is 3.14. The van der Waals surface area contributed by atoms with Crippen LogP contribution in [0.2, 0.25) is 0 Å². The van der Waals surface area contributed by atoms with E-state index in [1.54, 1.807) is 0 Å². The zero-order valence-corrected chi connectivity index (χ0v) is 13.6. The Balaban J connectivity index is 1.70. The highest BCUT2D eigenvalue weighted by Gasteiger charge is 2.23. The van der Waals surface area contributed by atoms with Crippen molar-refractivity contribution in [2.45, 2.75) is 32.2 Å². The van der Waals surface area contributed by atoms with Gasteiger partial charge >= 0.3 is 0 Å². The molecule has 1 fully saturated rings. The molecule has 1 aliphatic heterocycles. The molecule has 1 aliphatic rings. The number of ether oxygens (including phenoxy) is 1. The van der Waals surface area contributed by atoms with E-state index in [4.69, 9.17) is 4.74 Å². The normalized spacial score (nSPS) is 17.8. The summed E-state index contributed by atoms with van der Waals surface area (Å²) in [4.78, 5) is 14.4. The summed E-state index contributed by atoms with van der Waals surface area (Å²) in [6.07, 6.45) is 3.39. The molecule has 0 bridgehead atoms. The van der Waals surface area contributed by atoms with Crippen LogP contribution in [0.3, 0.4) is 0 Å². The Bertz CT molecular complexity index is 654. The van der Waals surface area contributed by atoms with Crippen LogP contribution in [0.15, 0.2) is 54.6 Å². The maximum atomic E-state index is 12.4. The van der Waals surface area contributed by atoms with Gasteiger partial charge in [-0.1, -0.05) is 48.5 Å². The zero-order valence-electron chi connectivity index (χ0n) is 13.6. The second kappa shape index (κ2) is 7.32. The minimum Gasteiger partial charge on any atom is -0.483 e. The molecular weight excluding hydrogens is 286 g/mol. The van der Waals surface area contributed by atoms with Crippen molar-refractivity contribution in [3.8, 4) is 16.9 Å². The van der Waals surface area contributed by atoms with Crippen molar-refractivity contribution < 1.29 is 9.53 Å². The molecule has 3 rings (SSSR count). The number of likely N-dealkylation sites (tertiary alicyclic amines) is 1. The van der Waals surface area contributed by atoms with E-state index in [9.17, 15) is 4.79 Å². The van der Waals surface area contributed by atoms with E-state index in [2.05, 4.69) is 19.1 Å². The SMILES string of the molecule is CC1CCCCN1C(=O)COc1ccccc1-c1ccccc1. The fourth-order valence-corrected chi connectivity index (χ4v) is 3.14. The van der Waals surface area contributed by atoms with Gasteiger partial charge in [-0.25, -0.2) is 0 Å². The average Bonchev–Trinajstić information content (AvgIpc) is 2.61. The van der Waals surface area contributed by atoms with Gasteiger partial charge in [0.15, 0.2) is 6.61 Å². The molecule has 3 nitrogen and oxygen atoms in total. The Morgan fingerprint density at radius 1 is 1.09 bits per heavy atom. The summed E-state index contributed by atoms with van der Waals surface area (Å²) in [5.41, 5.74) is 2.12. The largest absolute Gasteiger partial charge is 0.483 e. The highest BCUT2D eigenvalue weighted by Crippen LogP contribution is 2.29. The summed E-state index contributed by atoms with van der Waals surface area (Å²) in [6, 6.07) is 18.3. The molecule has 2 aromatic carbocycles. The van der Waals surface area contributed by atoms with E-state index >= 15 is 0 Å². The van der Waals surface area contributed by atoms with Crippen molar-refractivity contribution in [1.29, 1.82) is 0 Å². The Morgan fingerprint density at radius 2 is 1.83 bits per heavy atom. The lowest BCUT2D eigenvalue weighted by molar-refractivity contribution is -0.136. The lowest BCUT2D eigenvalue weighted by atomic mass is 10.0. The number of benzene rings is 2. The summed E-state index contributed by atoms with van der Waals surface area (Å²) in [5.74, 6) is 0.844. The van der Waals surface area contributed by atoms with Crippen LogP contribution >= 0.6 is 0 Å². The topological polar surface area (TPSA) is 29.5 Å². The minimum atomic E-state index is 0.0834. The molecule has 0 radical (unpaired) electrons. The average molecular weight is 309 g/mol. The Labute approximate surface area is 137 Å². The Hall–Kier alpha value is -2.29. The summed E-state index contributed by atoms with van der Waals surface area (Å²) in [5, 5.41) is 0. The van der Waals surface area contributed by atoms with Gasteiger partial charge in [-0.05, 0) is 37.8 Å². The van der Waals surface area contributed by atoms with Gasteiger partial charge in [-0.2, -0.15) is 0 Å². The van der Waals surface area contributed by atoms with Crippen LogP contribution in [0, 0.1) is 0 Å². The second-order valence-corrected chi connectivity index (χ2v) is 6.08. The van der Waals surface area contributed by atoms with Crippen molar-refractivity contribution in [2.24, 2.45) is 0 Å². The van der Waals surface area contributed by atoms with Crippen LogP contribution in [0.25, 0.3) is 11.1 Å². The molecule has 23 heavy (non-hydrogen) atoms. The first-order valence-electron chi connectivity index (χ1n) is 8.32. The standard InChI is InChI=1S/C20H23NO2/c1-16-9-7-8-14-21(16)20(22)15-23-19-13-6-5-12-18(19)17-10-3-2-4-11-17/h2-6,10-13,16H,7-9,14-15H2,1H3. The van der Waals surface area contributed by atoms with Gasteiger partial charge in [0.25, 0.3) is 5.91 Å². The summed E-state index contributed by atoms with van der Waals surface area (Å²) >= 11 is 0. The van der Waals surface area contributed by atoms with Gasteiger partial charge in [0, 0.05) is 18.2 Å². The predicted molar refractivity (Wildman–Crippen MR) is 92.4 cm³/mol. The van der Waals surface area contributed by atoms with Crippen molar-refractivity contribution in [1.82, 2.24) is 4.90 Å². The molecule has 120 valence electrons. The van der Waals surface area contributed by atoms with E-state index in [1.807, 2.05) is 47.4 Å². The first-order valence-corrected chi connectivity index (χ1v) is 8.32. The number of piperidine rings is 1. The fraction of sp³-hybridized carbons (Fsp3) is 0.350. The van der Waals surface area contributed by atoms with Crippen LogP contribution in [-0.2, 0) is 4.79 Å². The second-order valence-electron chi connectivity index (χ2n) is 6.08. The number of hydrogen-bond acceptors (Lipinski definition) is 2. The van der Waals surface area contributed by atoms with Crippen LogP contribution in [0.1, 0.15) is 26.2 Å². The maximum absolute atomic E-state index is 12.4. The van der Waals surface area contributed by atoms with Gasteiger partial charge < -0.3 is 9.64 Å². The number of amides is 1. The Kier molecular flexibility index (Phi) is 4.96. The third-order valence-electron chi connectivity index (χ3n) is 4.45. The summed E-state index contributed by atoms with van der Waals surface area (Å²) in [7, 11) is 0. The lowest BCUT2D eigenvalue weighted by Crippen LogP contribution is -2.44. The summed E-state index contributed by atoms with van der Waals surface area (Å²) < 4.78 is 5.86. The van der Waals surface area contributed by atoms with E-state index in [1.165, 1.54) is 6.42 Å². The van der Waals surface area contributed by atoms with E-state index in [0.717, 1.165) is 36.3 Å². The number of nitrogens with zero attached hydrogens (tertiary/aromatic N) is 1. The van der Waals surface area contributed by atoms with E-state index in [-0.39, 0.29) is 12.5 Å². The first-order chi connectivity index (χ1) is 11.3. The Morgan fingerprint density at radius 3 is 2.61 bits per heavy atom. The van der Waals surface area contributed by atoms with Crippen molar-refractivity contribution in [2.75, 3.05) is 13.2 Å². The molecule has 1 saturated heterocycles. The maximum Gasteiger partial charge on any atom is 0.260 e. The van der Waals surface area contributed by atoms with Gasteiger partial charge in [-0.3, -0.25) is 4.79 Å². The molecule has 0 aromatic heterocycles. The van der Waals surface area contributed by atoms with Crippen LogP contribution in [-0.4, -0.2) is 30.0 Å². The predicted octanol–water partition coefficient (Wildman–Crippen LogP) is 4.13. The van der Waals surface area contributed by atoms with Crippen LogP contribution in [0.5, 0.6) is 5.75 Å². The molecule has 0 N–H and O–H groups in total. The van der Waals surface area contributed by atoms with Crippen molar-refractivity contribution in [3.63, 3.8) is 0 Å². The molecule has 0 saturated carbocycles. The molecule has 0 aliphatic carbocycles. The molecule has 3 heteroatoms. The van der Waals surface area contributed by atoms with Gasteiger partial charge in [0.2, 0.25) is 0 Å². The third-order valence-corrected chi connectivity index (χ3v) is 4.45. The molecule has 1 unspecified atom stereocenters. The van der Waals surface area contributed by atoms with Gasteiger partial charge in [0.1, 0.15) is 5.75 Å². The van der Waals surface area contributed by atoms with Gasteiger partial charge in [0.05, 0.1) is 0 Å². The third kappa shape index (κ3) is 3.73.